The first-order valence-corrected chi connectivity index (χ1v) is 6.39. The first-order valence-electron chi connectivity index (χ1n) is 5.26. The molecule has 0 aliphatic heterocycles. The van der Waals surface area contributed by atoms with E-state index in [1.807, 2.05) is 13.1 Å². The van der Waals surface area contributed by atoms with Crippen molar-refractivity contribution in [2.24, 2.45) is 0 Å². The van der Waals surface area contributed by atoms with E-state index in [0.29, 0.717) is 0 Å². The minimum absolute atomic E-state index is 0.167. The van der Waals surface area contributed by atoms with Gasteiger partial charge in [-0.05, 0) is 31.0 Å². The van der Waals surface area contributed by atoms with Crippen molar-refractivity contribution in [3.8, 4) is 0 Å². The van der Waals surface area contributed by atoms with Gasteiger partial charge in [-0.3, -0.25) is 0 Å². The second-order valence-corrected chi connectivity index (χ2v) is 4.44. The van der Waals surface area contributed by atoms with Gasteiger partial charge in [0, 0.05) is 24.6 Å². The molecule has 0 amide bonds. The van der Waals surface area contributed by atoms with Gasteiger partial charge in [0.1, 0.15) is 5.82 Å². The van der Waals surface area contributed by atoms with E-state index < -0.39 is 0 Å². The summed E-state index contributed by atoms with van der Waals surface area (Å²) in [6.45, 7) is 0.983. The number of halogens is 2. The maximum absolute atomic E-state index is 12.9. The highest BCUT2D eigenvalue weighted by Gasteiger charge is 2.01. The van der Waals surface area contributed by atoms with Crippen molar-refractivity contribution in [3.63, 3.8) is 0 Å². The van der Waals surface area contributed by atoms with Gasteiger partial charge in [0.05, 0.1) is 0 Å². The zero-order valence-electron chi connectivity index (χ0n) is 9.05. The zero-order valence-corrected chi connectivity index (χ0v) is 10.6. The monoisotopic (exact) mass is 273 g/mol. The van der Waals surface area contributed by atoms with E-state index in [-0.39, 0.29) is 5.82 Å². The fraction of sp³-hybridized carbons (Fsp3) is 0.500. The smallest absolute Gasteiger partial charge is 0.125 e. The van der Waals surface area contributed by atoms with E-state index in [0.717, 1.165) is 24.0 Å². The van der Waals surface area contributed by atoms with Gasteiger partial charge in [-0.15, -0.1) is 0 Å². The Balaban J connectivity index is 2.36. The van der Waals surface area contributed by atoms with E-state index in [2.05, 4.69) is 20.8 Å². The molecule has 1 aromatic carbocycles. The van der Waals surface area contributed by atoms with Crippen LogP contribution in [0, 0.1) is 5.82 Å². The molecule has 0 aliphatic carbocycles. The number of hydrogen-bond acceptors (Lipinski definition) is 1. The number of unbranched alkanes of at least 4 members (excludes halogenated alkanes) is 2. The lowest BCUT2D eigenvalue weighted by Gasteiger charge is -2.19. The van der Waals surface area contributed by atoms with Gasteiger partial charge in [-0.2, -0.15) is 0 Å². The minimum atomic E-state index is -0.167. The van der Waals surface area contributed by atoms with E-state index in [1.165, 1.54) is 18.9 Å². The quantitative estimate of drug-likeness (QED) is 0.563. The van der Waals surface area contributed by atoms with Crippen molar-refractivity contribution in [1.82, 2.24) is 0 Å². The average Bonchev–Trinajstić information content (AvgIpc) is 2.24. The van der Waals surface area contributed by atoms with Crippen LogP contribution < -0.4 is 4.90 Å². The summed E-state index contributed by atoms with van der Waals surface area (Å²) in [5.74, 6) is -0.167. The molecule has 0 saturated heterocycles. The molecule has 0 saturated carbocycles. The average molecular weight is 274 g/mol. The Bertz CT molecular complexity index is 291. The summed E-state index contributed by atoms with van der Waals surface area (Å²) < 4.78 is 12.9. The molecule has 15 heavy (non-hydrogen) atoms. The Morgan fingerprint density at radius 3 is 2.73 bits per heavy atom. The lowest BCUT2D eigenvalue weighted by molar-refractivity contribution is 0.626. The van der Waals surface area contributed by atoms with Gasteiger partial charge < -0.3 is 4.90 Å². The highest BCUT2D eigenvalue weighted by Crippen LogP contribution is 2.14. The minimum Gasteiger partial charge on any atom is -0.375 e. The second kappa shape index (κ2) is 6.83. The van der Waals surface area contributed by atoms with E-state index >= 15 is 0 Å². The van der Waals surface area contributed by atoms with E-state index in [1.54, 1.807) is 12.1 Å². The lowest BCUT2D eigenvalue weighted by Crippen LogP contribution is -2.18. The topological polar surface area (TPSA) is 3.24 Å². The normalized spacial score (nSPS) is 10.3. The number of nitrogens with zero attached hydrogens (tertiary/aromatic N) is 1. The summed E-state index contributed by atoms with van der Waals surface area (Å²) in [4.78, 5) is 2.09. The number of benzene rings is 1. The standard InChI is InChI=1S/C12H17BrFN/c1-15(9-4-2-3-8-13)12-7-5-6-11(14)10-12/h5-7,10H,2-4,8-9H2,1H3. The Kier molecular flexibility index (Phi) is 5.69. The third-order valence-electron chi connectivity index (χ3n) is 2.38. The van der Waals surface area contributed by atoms with Crippen LogP contribution in [0.1, 0.15) is 19.3 Å². The third-order valence-corrected chi connectivity index (χ3v) is 2.94. The van der Waals surface area contributed by atoms with Crippen LogP contribution in [0.15, 0.2) is 24.3 Å². The van der Waals surface area contributed by atoms with Crippen LogP contribution >= 0.6 is 15.9 Å². The first-order chi connectivity index (χ1) is 7.24. The molecule has 1 rings (SSSR count). The summed E-state index contributed by atoms with van der Waals surface area (Å²) in [6.07, 6.45) is 3.57. The molecule has 84 valence electrons. The summed E-state index contributed by atoms with van der Waals surface area (Å²) in [5, 5.41) is 1.07. The summed E-state index contributed by atoms with van der Waals surface area (Å²) in [7, 11) is 2.00. The van der Waals surface area contributed by atoms with E-state index in [9.17, 15) is 4.39 Å². The van der Waals surface area contributed by atoms with Gasteiger partial charge in [-0.1, -0.05) is 28.4 Å². The highest BCUT2D eigenvalue weighted by molar-refractivity contribution is 9.09. The maximum atomic E-state index is 12.9. The maximum Gasteiger partial charge on any atom is 0.125 e. The van der Waals surface area contributed by atoms with E-state index in [4.69, 9.17) is 0 Å². The van der Waals surface area contributed by atoms with Gasteiger partial charge in [0.25, 0.3) is 0 Å². The fourth-order valence-electron chi connectivity index (χ4n) is 1.46. The van der Waals surface area contributed by atoms with Crippen molar-refractivity contribution < 1.29 is 4.39 Å². The summed E-state index contributed by atoms with van der Waals surface area (Å²) >= 11 is 3.41. The molecule has 0 N–H and O–H groups in total. The van der Waals surface area contributed by atoms with Crippen LogP contribution in [0.2, 0.25) is 0 Å². The molecule has 0 radical (unpaired) electrons. The van der Waals surface area contributed by atoms with Crippen LogP contribution in [0.25, 0.3) is 0 Å². The molecule has 1 aromatic rings. The summed E-state index contributed by atoms with van der Waals surface area (Å²) in [5.41, 5.74) is 0.953. The molecule has 0 aromatic heterocycles. The molecule has 0 bridgehead atoms. The third kappa shape index (κ3) is 4.65. The highest BCUT2D eigenvalue weighted by atomic mass is 79.9. The van der Waals surface area contributed by atoms with Gasteiger partial charge in [-0.25, -0.2) is 4.39 Å². The number of alkyl halides is 1. The number of rotatable bonds is 6. The Hall–Kier alpha value is -0.570. The first kappa shape index (κ1) is 12.5. The molecule has 0 fully saturated rings. The van der Waals surface area contributed by atoms with Crippen LogP contribution in [-0.4, -0.2) is 18.9 Å². The van der Waals surface area contributed by atoms with Crippen LogP contribution in [0.5, 0.6) is 0 Å². The number of anilines is 1. The Morgan fingerprint density at radius 1 is 1.27 bits per heavy atom. The zero-order chi connectivity index (χ0) is 11.1. The molecule has 3 heteroatoms. The molecular formula is C12H17BrFN. The van der Waals surface area contributed by atoms with Crippen molar-refractivity contribution in [2.75, 3.05) is 23.8 Å². The Labute approximate surface area is 99.4 Å². The molecular weight excluding hydrogens is 257 g/mol. The molecule has 0 aliphatic rings. The van der Waals surface area contributed by atoms with Gasteiger partial charge in [0.15, 0.2) is 0 Å². The second-order valence-electron chi connectivity index (χ2n) is 3.65. The van der Waals surface area contributed by atoms with Crippen LogP contribution in [-0.2, 0) is 0 Å². The molecule has 0 spiro atoms. The van der Waals surface area contributed by atoms with Crippen molar-refractivity contribution in [3.05, 3.63) is 30.1 Å². The van der Waals surface area contributed by atoms with Crippen molar-refractivity contribution in [2.45, 2.75) is 19.3 Å². The molecule has 0 unspecified atom stereocenters. The molecule has 1 nitrogen and oxygen atoms in total. The fourth-order valence-corrected chi connectivity index (χ4v) is 1.86. The Morgan fingerprint density at radius 2 is 2.07 bits per heavy atom. The van der Waals surface area contributed by atoms with Gasteiger partial charge >= 0.3 is 0 Å². The lowest BCUT2D eigenvalue weighted by atomic mass is 10.2. The van der Waals surface area contributed by atoms with Crippen LogP contribution in [0.3, 0.4) is 0 Å². The predicted octanol–water partition coefficient (Wildman–Crippen LogP) is 3.83. The van der Waals surface area contributed by atoms with Crippen molar-refractivity contribution >= 4 is 21.6 Å². The summed E-state index contributed by atoms with van der Waals surface area (Å²) in [6, 6.07) is 6.74. The predicted molar refractivity (Wildman–Crippen MR) is 67.3 cm³/mol. The number of hydrogen-bond donors (Lipinski definition) is 0. The van der Waals surface area contributed by atoms with Gasteiger partial charge in [0.2, 0.25) is 0 Å². The largest absolute Gasteiger partial charge is 0.375 e. The SMILES string of the molecule is CN(CCCCCBr)c1cccc(F)c1. The van der Waals surface area contributed by atoms with Crippen molar-refractivity contribution in [1.29, 1.82) is 0 Å². The molecule has 0 heterocycles. The molecule has 0 atom stereocenters. The van der Waals surface area contributed by atoms with Crippen LogP contribution in [0.4, 0.5) is 10.1 Å².